The van der Waals surface area contributed by atoms with Crippen LogP contribution < -0.4 is 10.1 Å². The lowest BCUT2D eigenvalue weighted by atomic mass is 10.1. The second-order valence-corrected chi connectivity index (χ2v) is 5.72. The van der Waals surface area contributed by atoms with Crippen LogP contribution in [0.15, 0.2) is 42.5 Å². The first-order valence-electron chi connectivity index (χ1n) is 7.30. The van der Waals surface area contributed by atoms with Crippen molar-refractivity contribution in [2.45, 2.75) is 33.3 Å². The molecule has 4 heteroatoms. The van der Waals surface area contributed by atoms with Gasteiger partial charge in [0, 0.05) is 10.7 Å². The van der Waals surface area contributed by atoms with E-state index in [-0.39, 0.29) is 5.91 Å². The zero-order valence-electron chi connectivity index (χ0n) is 13.0. The number of anilines is 1. The van der Waals surface area contributed by atoms with E-state index in [0.717, 1.165) is 16.9 Å². The lowest BCUT2D eigenvalue weighted by Gasteiger charge is -2.19. The summed E-state index contributed by atoms with van der Waals surface area (Å²) in [7, 11) is 0. The molecule has 0 bridgehead atoms. The van der Waals surface area contributed by atoms with Crippen LogP contribution in [-0.4, -0.2) is 12.0 Å². The molecule has 0 unspecified atom stereocenters. The minimum atomic E-state index is -0.531. The van der Waals surface area contributed by atoms with Crippen molar-refractivity contribution in [2.24, 2.45) is 0 Å². The van der Waals surface area contributed by atoms with Crippen LogP contribution in [0.5, 0.6) is 5.75 Å². The fourth-order valence-corrected chi connectivity index (χ4v) is 2.19. The Labute approximate surface area is 136 Å². The predicted molar refractivity (Wildman–Crippen MR) is 90.7 cm³/mol. The van der Waals surface area contributed by atoms with Gasteiger partial charge in [-0.15, -0.1) is 0 Å². The Morgan fingerprint density at radius 3 is 2.50 bits per heavy atom. The van der Waals surface area contributed by atoms with E-state index >= 15 is 0 Å². The lowest BCUT2D eigenvalue weighted by molar-refractivity contribution is -0.122. The molecule has 0 fully saturated rings. The summed E-state index contributed by atoms with van der Waals surface area (Å²) in [6.45, 7) is 5.90. The third kappa shape index (κ3) is 4.25. The van der Waals surface area contributed by atoms with Crippen molar-refractivity contribution in [1.29, 1.82) is 0 Å². The van der Waals surface area contributed by atoms with Crippen molar-refractivity contribution >= 4 is 23.2 Å². The van der Waals surface area contributed by atoms with E-state index in [1.807, 2.05) is 39.0 Å². The standard InChI is InChI=1S/C18H20ClNO2/c1-4-16(22-17-11-12(2)5-6-13(17)3)18(21)20-15-9-7-14(19)8-10-15/h5-11,16H,4H2,1-3H3,(H,20,21)/t16-/m1/s1. The Bertz CT molecular complexity index is 653. The molecule has 0 aliphatic carbocycles. The molecule has 1 amide bonds. The van der Waals surface area contributed by atoms with Gasteiger partial charge in [0.15, 0.2) is 6.10 Å². The van der Waals surface area contributed by atoms with E-state index < -0.39 is 6.10 Å². The third-order valence-electron chi connectivity index (χ3n) is 3.39. The number of nitrogens with one attached hydrogen (secondary N) is 1. The van der Waals surface area contributed by atoms with Gasteiger partial charge in [-0.1, -0.05) is 30.7 Å². The summed E-state index contributed by atoms with van der Waals surface area (Å²) in [6, 6.07) is 13.0. The molecule has 22 heavy (non-hydrogen) atoms. The number of ether oxygens (including phenoxy) is 1. The number of benzene rings is 2. The van der Waals surface area contributed by atoms with Gasteiger partial charge >= 0.3 is 0 Å². The van der Waals surface area contributed by atoms with Gasteiger partial charge in [-0.25, -0.2) is 0 Å². The maximum absolute atomic E-state index is 12.4. The number of rotatable bonds is 5. The van der Waals surface area contributed by atoms with E-state index in [2.05, 4.69) is 5.32 Å². The Balaban J connectivity index is 2.08. The number of aryl methyl sites for hydroxylation is 2. The fourth-order valence-electron chi connectivity index (χ4n) is 2.07. The Morgan fingerprint density at radius 2 is 1.86 bits per heavy atom. The van der Waals surface area contributed by atoms with Gasteiger partial charge in [0.1, 0.15) is 5.75 Å². The van der Waals surface area contributed by atoms with Crippen LogP contribution in [0.4, 0.5) is 5.69 Å². The van der Waals surface area contributed by atoms with Crippen molar-refractivity contribution in [3.8, 4) is 5.75 Å². The number of halogens is 1. The molecule has 2 aromatic rings. The first-order valence-corrected chi connectivity index (χ1v) is 7.67. The SMILES string of the molecule is CC[C@@H](Oc1cc(C)ccc1C)C(=O)Nc1ccc(Cl)cc1. The maximum atomic E-state index is 12.4. The highest BCUT2D eigenvalue weighted by Gasteiger charge is 2.19. The first kappa shape index (κ1) is 16.4. The van der Waals surface area contributed by atoms with Gasteiger partial charge < -0.3 is 10.1 Å². The Hall–Kier alpha value is -2.00. The molecule has 0 aromatic heterocycles. The van der Waals surface area contributed by atoms with Crippen LogP contribution in [0.3, 0.4) is 0 Å². The number of hydrogen-bond acceptors (Lipinski definition) is 2. The van der Waals surface area contributed by atoms with Gasteiger partial charge in [-0.3, -0.25) is 4.79 Å². The van der Waals surface area contributed by atoms with Gasteiger partial charge in [-0.2, -0.15) is 0 Å². The first-order chi connectivity index (χ1) is 10.5. The van der Waals surface area contributed by atoms with Crippen LogP contribution >= 0.6 is 11.6 Å². The molecule has 3 nitrogen and oxygen atoms in total. The summed E-state index contributed by atoms with van der Waals surface area (Å²) in [5.74, 6) is 0.587. The zero-order chi connectivity index (χ0) is 16.1. The molecule has 0 saturated carbocycles. The monoisotopic (exact) mass is 317 g/mol. The van der Waals surface area contributed by atoms with Crippen molar-refractivity contribution in [1.82, 2.24) is 0 Å². The second-order valence-electron chi connectivity index (χ2n) is 5.28. The smallest absolute Gasteiger partial charge is 0.265 e. The topological polar surface area (TPSA) is 38.3 Å². The van der Waals surface area contributed by atoms with Crippen LogP contribution in [0.25, 0.3) is 0 Å². The molecule has 0 spiro atoms. The normalized spacial score (nSPS) is 11.8. The molecular formula is C18H20ClNO2. The van der Waals surface area contributed by atoms with Gasteiger partial charge in [0.25, 0.3) is 5.91 Å². The fraction of sp³-hybridized carbons (Fsp3) is 0.278. The van der Waals surface area contributed by atoms with Crippen molar-refractivity contribution in [3.05, 3.63) is 58.6 Å². The second kappa shape index (κ2) is 7.32. The molecule has 0 aliphatic heterocycles. The molecule has 0 heterocycles. The quantitative estimate of drug-likeness (QED) is 0.864. The van der Waals surface area contributed by atoms with E-state index in [1.165, 1.54) is 0 Å². The average molecular weight is 318 g/mol. The zero-order valence-corrected chi connectivity index (χ0v) is 13.8. The molecule has 2 rings (SSSR count). The highest BCUT2D eigenvalue weighted by molar-refractivity contribution is 6.30. The Morgan fingerprint density at radius 1 is 1.18 bits per heavy atom. The highest BCUT2D eigenvalue weighted by atomic mass is 35.5. The minimum absolute atomic E-state index is 0.161. The molecule has 116 valence electrons. The van der Waals surface area contributed by atoms with E-state index in [0.29, 0.717) is 17.1 Å². The van der Waals surface area contributed by atoms with Gasteiger partial charge in [0.05, 0.1) is 0 Å². The molecule has 1 N–H and O–H groups in total. The van der Waals surface area contributed by atoms with Crippen LogP contribution in [0, 0.1) is 13.8 Å². The molecule has 0 saturated heterocycles. The third-order valence-corrected chi connectivity index (χ3v) is 3.64. The minimum Gasteiger partial charge on any atom is -0.480 e. The maximum Gasteiger partial charge on any atom is 0.265 e. The number of carbonyl (C=O) groups is 1. The van der Waals surface area contributed by atoms with E-state index in [9.17, 15) is 4.79 Å². The van der Waals surface area contributed by atoms with Crippen LogP contribution in [-0.2, 0) is 4.79 Å². The molecule has 2 aromatic carbocycles. The van der Waals surface area contributed by atoms with Gasteiger partial charge in [0.2, 0.25) is 0 Å². The summed E-state index contributed by atoms with van der Waals surface area (Å²) in [6.07, 6.45) is 0.0588. The predicted octanol–water partition coefficient (Wildman–Crippen LogP) is 4.75. The van der Waals surface area contributed by atoms with Crippen LogP contribution in [0.2, 0.25) is 5.02 Å². The summed E-state index contributed by atoms with van der Waals surface area (Å²) >= 11 is 5.84. The molecule has 0 aliphatic rings. The van der Waals surface area contributed by atoms with Crippen molar-refractivity contribution in [3.63, 3.8) is 0 Å². The Kier molecular flexibility index (Phi) is 5.45. The summed E-state index contributed by atoms with van der Waals surface area (Å²) in [5, 5.41) is 3.49. The molecule has 0 radical (unpaired) electrons. The molecular weight excluding hydrogens is 298 g/mol. The van der Waals surface area contributed by atoms with Crippen molar-refractivity contribution in [2.75, 3.05) is 5.32 Å². The summed E-state index contributed by atoms with van der Waals surface area (Å²) < 4.78 is 5.89. The van der Waals surface area contributed by atoms with Crippen molar-refractivity contribution < 1.29 is 9.53 Å². The number of carbonyl (C=O) groups excluding carboxylic acids is 1. The van der Waals surface area contributed by atoms with Gasteiger partial charge in [-0.05, 0) is 61.7 Å². The van der Waals surface area contributed by atoms with Crippen LogP contribution in [0.1, 0.15) is 24.5 Å². The molecule has 1 atom stereocenters. The largest absolute Gasteiger partial charge is 0.480 e. The summed E-state index contributed by atoms with van der Waals surface area (Å²) in [4.78, 5) is 12.4. The summed E-state index contributed by atoms with van der Waals surface area (Å²) in [5.41, 5.74) is 2.83. The van der Waals surface area contributed by atoms with E-state index in [4.69, 9.17) is 16.3 Å². The van der Waals surface area contributed by atoms with E-state index in [1.54, 1.807) is 24.3 Å². The number of hydrogen-bond donors (Lipinski definition) is 1. The highest BCUT2D eigenvalue weighted by Crippen LogP contribution is 2.22. The average Bonchev–Trinajstić information content (AvgIpc) is 2.50. The lowest BCUT2D eigenvalue weighted by Crippen LogP contribution is -2.32. The number of amides is 1.